The van der Waals surface area contributed by atoms with E-state index in [9.17, 15) is 4.79 Å². The lowest BCUT2D eigenvalue weighted by Crippen LogP contribution is -2.40. The number of benzene rings is 2. The molecule has 0 aliphatic heterocycles. The SMILES string of the molecule is O=C(Cn1c(-c2cccs2)n[nH]c1=S)NCC1CC2c3ccccc3C1c1ccccc12. The molecule has 2 aromatic heterocycles. The molecule has 3 aliphatic rings. The Morgan fingerprint density at radius 1 is 1.06 bits per heavy atom. The quantitative estimate of drug-likeness (QED) is 0.410. The zero-order valence-electron chi connectivity index (χ0n) is 17.3. The minimum absolute atomic E-state index is 0.0386. The monoisotopic (exact) mass is 458 g/mol. The van der Waals surface area contributed by atoms with Crippen LogP contribution in [0.2, 0.25) is 0 Å². The lowest BCUT2D eigenvalue weighted by molar-refractivity contribution is -0.121. The molecule has 3 aliphatic carbocycles. The van der Waals surface area contributed by atoms with Crippen molar-refractivity contribution in [2.24, 2.45) is 5.92 Å². The van der Waals surface area contributed by atoms with Gasteiger partial charge in [-0.3, -0.25) is 14.5 Å². The highest BCUT2D eigenvalue weighted by Gasteiger charge is 2.42. The molecule has 0 fully saturated rings. The third-order valence-electron chi connectivity index (χ3n) is 6.79. The highest BCUT2D eigenvalue weighted by Crippen LogP contribution is 2.55. The first-order valence-electron chi connectivity index (χ1n) is 10.8. The molecular formula is C25H22N4OS2. The van der Waals surface area contributed by atoms with Crippen LogP contribution in [0.15, 0.2) is 66.0 Å². The van der Waals surface area contributed by atoms with Crippen LogP contribution in [0, 0.1) is 10.7 Å². The number of amides is 1. The van der Waals surface area contributed by atoms with Crippen LogP contribution in [-0.2, 0) is 11.3 Å². The Labute approximate surface area is 195 Å². The number of hydrogen-bond donors (Lipinski definition) is 2. The van der Waals surface area contributed by atoms with Gasteiger partial charge in [0, 0.05) is 18.4 Å². The van der Waals surface area contributed by atoms with Crippen molar-refractivity contribution in [3.05, 3.63) is 93.1 Å². The normalized spacial score (nSPS) is 20.6. The van der Waals surface area contributed by atoms with Gasteiger partial charge < -0.3 is 5.32 Å². The van der Waals surface area contributed by atoms with E-state index in [0.29, 0.717) is 34.9 Å². The molecule has 160 valence electrons. The van der Waals surface area contributed by atoms with Crippen molar-refractivity contribution in [3.63, 3.8) is 0 Å². The standard InChI is InChI=1S/C25H22N4OS2/c30-22(14-29-24(27-28-25(29)31)21-10-5-11-32-21)26-13-15-12-20-16-6-1-3-8-18(16)23(15)19-9-4-2-7-17(19)20/h1-11,15,20,23H,12-14H2,(H,26,30)(H,28,31). The second-order valence-corrected chi connectivity index (χ2v) is 9.84. The smallest absolute Gasteiger partial charge is 0.240 e. The highest BCUT2D eigenvalue weighted by molar-refractivity contribution is 7.71. The fraction of sp³-hybridized carbons (Fsp3) is 0.240. The minimum atomic E-state index is -0.0386. The van der Waals surface area contributed by atoms with Gasteiger partial charge in [-0.2, -0.15) is 5.10 Å². The van der Waals surface area contributed by atoms with E-state index < -0.39 is 0 Å². The van der Waals surface area contributed by atoms with Crippen LogP contribution in [0.3, 0.4) is 0 Å². The van der Waals surface area contributed by atoms with Gasteiger partial charge >= 0.3 is 0 Å². The van der Waals surface area contributed by atoms with Gasteiger partial charge in [0.05, 0.1) is 4.88 Å². The summed E-state index contributed by atoms with van der Waals surface area (Å²) in [6, 6.07) is 21.5. The molecular weight excluding hydrogens is 436 g/mol. The van der Waals surface area contributed by atoms with Crippen LogP contribution in [-0.4, -0.2) is 27.2 Å². The molecule has 0 spiro atoms. The Bertz CT molecular complexity index is 1310. The Hall–Kier alpha value is -3.03. The van der Waals surface area contributed by atoms with Crippen molar-refractivity contribution in [1.29, 1.82) is 0 Å². The summed E-state index contributed by atoms with van der Waals surface area (Å²) >= 11 is 6.96. The molecule has 5 nitrogen and oxygen atoms in total. The second kappa shape index (κ2) is 7.83. The summed E-state index contributed by atoms with van der Waals surface area (Å²) in [5.41, 5.74) is 5.73. The van der Waals surface area contributed by atoms with Gasteiger partial charge in [-0.25, -0.2) is 0 Å². The maximum atomic E-state index is 12.9. The second-order valence-electron chi connectivity index (χ2n) is 8.50. The number of H-pyrrole nitrogens is 1. The summed E-state index contributed by atoms with van der Waals surface area (Å²) in [7, 11) is 0. The van der Waals surface area contributed by atoms with Crippen LogP contribution in [0.1, 0.15) is 40.5 Å². The number of fused-ring (bicyclic) bond motifs is 1. The predicted octanol–water partition coefficient (Wildman–Crippen LogP) is 5.08. The summed E-state index contributed by atoms with van der Waals surface area (Å²) in [6.45, 7) is 0.818. The average molecular weight is 459 g/mol. The third kappa shape index (κ3) is 3.15. The molecule has 32 heavy (non-hydrogen) atoms. The van der Waals surface area contributed by atoms with Gasteiger partial charge in [-0.1, -0.05) is 54.6 Å². The van der Waals surface area contributed by atoms with Crippen molar-refractivity contribution in [3.8, 4) is 10.7 Å². The summed E-state index contributed by atoms with van der Waals surface area (Å²) in [6.07, 6.45) is 1.06. The molecule has 2 bridgehead atoms. The number of hydrogen-bond acceptors (Lipinski definition) is 4. The number of carbonyl (C=O) groups excluding carboxylic acids is 1. The molecule has 0 saturated heterocycles. The van der Waals surface area contributed by atoms with Gasteiger partial charge in [-0.05, 0) is 58.3 Å². The molecule has 7 rings (SSSR count). The lowest BCUT2D eigenvalue weighted by atomic mass is 9.59. The number of aromatic nitrogens is 3. The number of nitrogens with zero attached hydrogens (tertiary/aromatic N) is 2. The Morgan fingerprint density at radius 3 is 2.41 bits per heavy atom. The number of rotatable bonds is 5. The molecule has 1 atom stereocenters. The van der Waals surface area contributed by atoms with Gasteiger partial charge in [0.1, 0.15) is 6.54 Å². The third-order valence-corrected chi connectivity index (χ3v) is 7.96. The van der Waals surface area contributed by atoms with E-state index in [1.54, 1.807) is 15.9 Å². The van der Waals surface area contributed by atoms with E-state index in [2.05, 4.69) is 64.0 Å². The van der Waals surface area contributed by atoms with Crippen molar-refractivity contribution < 1.29 is 4.79 Å². The fourth-order valence-electron chi connectivity index (χ4n) is 5.46. The predicted molar refractivity (Wildman–Crippen MR) is 128 cm³/mol. The molecule has 1 unspecified atom stereocenters. The van der Waals surface area contributed by atoms with E-state index in [4.69, 9.17) is 12.2 Å². The zero-order valence-corrected chi connectivity index (χ0v) is 19.0. The van der Waals surface area contributed by atoms with Crippen molar-refractivity contribution in [1.82, 2.24) is 20.1 Å². The fourth-order valence-corrected chi connectivity index (χ4v) is 6.38. The molecule has 1 amide bonds. The van der Waals surface area contributed by atoms with Crippen LogP contribution in [0.25, 0.3) is 10.7 Å². The number of thiophene rings is 1. The average Bonchev–Trinajstić information content (AvgIpc) is 3.48. The van der Waals surface area contributed by atoms with Gasteiger partial charge in [0.25, 0.3) is 0 Å². The minimum Gasteiger partial charge on any atom is -0.354 e. The van der Waals surface area contributed by atoms with Gasteiger partial charge in [-0.15, -0.1) is 11.3 Å². The van der Waals surface area contributed by atoms with Crippen molar-refractivity contribution in [2.45, 2.75) is 24.8 Å². The first-order valence-corrected chi connectivity index (χ1v) is 12.1. The molecule has 7 heteroatoms. The first-order chi connectivity index (χ1) is 15.7. The Morgan fingerprint density at radius 2 is 1.75 bits per heavy atom. The summed E-state index contributed by atoms with van der Waals surface area (Å²) in [5, 5.41) is 12.3. The molecule has 0 saturated carbocycles. The molecule has 2 N–H and O–H groups in total. The van der Waals surface area contributed by atoms with Crippen LogP contribution >= 0.6 is 23.6 Å². The molecule has 4 aromatic rings. The van der Waals surface area contributed by atoms with E-state index in [1.807, 2.05) is 17.5 Å². The topological polar surface area (TPSA) is 62.7 Å². The van der Waals surface area contributed by atoms with Gasteiger partial charge in [0.15, 0.2) is 10.6 Å². The number of aromatic amines is 1. The van der Waals surface area contributed by atoms with Crippen molar-refractivity contribution >= 4 is 29.5 Å². The van der Waals surface area contributed by atoms with E-state index >= 15 is 0 Å². The Balaban J connectivity index is 1.22. The van der Waals surface area contributed by atoms with Crippen molar-refractivity contribution in [2.75, 3.05) is 6.54 Å². The molecule has 2 heterocycles. The Kier molecular flexibility index (Phi) is 4.81. The maximum absolute atomic E-state index is 12.9. The number of carbonyl (C=O) groups is 1. The molecule has 0 radical (unpaired) electrons. The zero-order chi connectivity index (χ0) is 21.7. The van der Waals surface area contributed by atoms with Gasteiger partial charge in [0.2, 0.25) is 5.91 Å². The lowest BCUT2D eigenvalue weighted by Gasteiger charge is -2.45. The summed E-state index contributed by atoms with van der Waals surface area (Å²) in [5.74, 6) is 1.78. The summed E-state index contributed by atoms with van der Waals surface area (Å²) < 4.78 is 2.23. The van der Waals surface area contributed by atoms with Crippen LogP contribution in [0.4, 0.5) is 0 Å². The largest absolute Gasteiger partial charge is 0.354 e. The van der Waals surface area contributed by atoms with Crippen LogP contribution < -0.4 is 5.32 Å². The van der Waals surface area contributed by atoms with Crippen LogP contribution in [0.5, 0.6) is 0 Å². The van der Waals surface area contributed by atoms with E-state index in [-0.39, 0.29) is 12.5 Å². The maximum Gasteiger partial charge on any atom is 0.240 e. The molecule has 2 aromatic carbocycles. The summed E-state index contributed by atoms with van der Waals surface area (Å²) in [4.78, 5) is 13.9. The first kappa shape index (κ1) is 19.6. The number of nitrogens with one attached hydrogen (secondary N) is 2. The van der Waals surface area contributed by atoms with E-state index in [1.165, 1.54) is 22.3 Å². The highest BCUT2D eigenvalue weighted by atomic mass is 32.1. The van der Waals surface area contributed by atoms with E-state index in [0.717, 1.165) is 11.3 Å².